The second kappa shape index (κ2) is 3.59. The number of hydrogen-bond donors (Lipinski definition) is 0. The van der Waals surface area contributed by atoms with Gasteiger partial charge in [0.15, 0.2) is 6.21 Å². The maximum Gasteiger partial charge on any atom is 0.162 e. The lowest BCUT2D eigenvalue weighted by Crippen LogP contribution is -2.03. The summed E-state index contributed by atoms with van der Waals surface area (Å²) in [4.78, 5) is 0. The molecule has 0 N–H and O–H groups in total. The van der Waals surface area contributed by atoms with Crippen molar-refractivity contribution in [3.05, 3.63) is 12.7 Å². The van der Waals surface area contributed by atoms with Crippen LogP contribution in [-0.4, -0.2) is 24.4 Å². The van der Waals surface area contributed by atoms with E-state index >= 15 is 0 Å². The van der Waals surface area contributed by atoms with E-state index < -0.39 is 0 Å². The fourth-order valence-corrected chi connectivity index (χ4v) is 0.285. The first-order chi connectivity index (χ1) is 3.31. The van der Waals surface area contributed by atoms with Crippen molar-refractivity contribution in [2.75, 3.05) is 13.6 Å². The first kappa shape index (κ1) is 6.41. The molecule has 0 aromatic carbocycles. The molecule has 0 fully saturated rings. The van der Waals surface area contributed by atoms with E-state index in [-0.39, 0.29) is 0 Å². The third-order valence-electron chi connectivity index (χ3n) is 0.859. The van der Waals surface area contributed by atoms with Gasteiger partial charge in [-0.1, -0.05) is 6.58 Å². The standard InChI is InChI=1S/C6H12N/c1-4-6-7(3)5-2/h4,6H,1,5H2,2-3H3/q+1. The quantitative estimate of drug-likeness (QED) is 0.356. The van der Waals surface area contributed by atoms with Crippen LogP contribution in [0.4, 0.5) is 0 Å². The van der Waals surface area contributed by atoms with Crippen LogP contribution in [-0.2, 0) is 0 Å². The molecule has 0 aromatic rings. The van der Waals surface area contributed by atoms with Gasteiger partial charge in [-0.25, -0.2) is 4.58 Å². The van der Waals surface area contributed by atoms with Crippen molar-refractivity contribution in [3.8, 4) is 0 Å². The van der Waals surface area contributed by atoms with E-state index in [0.717, 1.165) is 6.54 Å². The van der Waals surface area contributed by atoms with E-state index in [1.807, 2.05) is 13.3 Å². The van der Waals surface area contributed by atoms with Crippen LogP contribution in [0.3, 0.4) is 0 Å². The third-order valence-corrected chi connectivity index (χ3v) is 0.859. The van der Waals surface area contributed by atoms with E-state index in [2.05, 4.69) is 18.1 Å². The first-order valence-corrected chi connectivity index (χ1v) is 2.47. The SMILES string of the molecule is C=CC=[N+](C)CC. The van der Waals surface area contributed by atoms with Gasteiger partial charge in [-0.3, -0.25) is 0 Å². The zero-order valence-corrected chi connectivity index (χ0v) is 5.02. The van der Waals surface area contributed by atoms with Crippen LogP contribution in [0.2, 0.25) is 0 Å². The number of nitrogens with zero attached hydrogens (tertiary/aromatic N) is 1. The van der Waals surface area contributed by atoms with Crippen LogP contribution in [0.5, 0.6) is 0 Å². The van der Waals surface area contributed by atoms with Crippen LogP contribution in [0.25, 0.3) is 0 Å². The third kappa shape index (κ3) is 3.23. The molecule has 0 aromatic heterocycles. The van der Waals surface area contributed by atoms with Crippen molar-refractivity contribution in [2.45, 2.75) is 6.92 Å². The van der Waals surface area contributed by atoms with Crippen LogP contribution in [0.15, 0.2) is 12.7 Å². The van der Waals surface area contributed by atoms with Crippen LogP contribution < -0.4 is 0 Å². The molecule has 0 rings (SSSR count). The Hall–Kier alpha value is -0.590. The van der Waals surface area contributed by atoms with Gasteiger partial charge in [0.25, 0.3) is 0 Å². The fraction of sp³-hybridized carbons (Fsp3) is 0.500. The molecule has 40 valence electrons. The lowest BCUT2D eigenvalue weighted by molar-refractivity contribution is -0.487. The molecule has 0 saturated heterocycles. The van der Waals surface area contributed by atoms with Crippen LogP contribution in [0, 0.1) is 0 Å². The van der Waals surface area contributed by atoms with Gasteiger partial charge < -0.3 is 0 Å². The molecule has 0 radical (unpaired) electrons. The smallest absolute Gasteiger partial charge is 0.162 e. The largest absolute Gasteiger partial charge is 0.239 e. The summed E-state index contributed by atoms with van der Waals surface area (Å²) in [6.07, 6.45) is 3.73. The summed E-state index contributed by atoms with van der Waals surface area (Å²) in [6, 6.07) is 0. The molecule has 0 atom stereocenters. The molecule has 0 aliphatic carbocycles. The molecule has 0 heterocycles. The second-order valence-corrected chi connectivity index (χ2v) is 1.46. The van der Waals surface area contributed by atoms with Crippen LogP contribution in [0.1, 0.15) is 6.92 Å². The van der Waals surface area contributed by atoms with Gasteiger partial charge in [-0.15, -0.1) is 0 Å². The molecule has 0 spiro atoms. The molecular formula is C6H12N+. The van der Waals surface area contributed by atoms with Crippen molar-refractivity contribution in [1.29, 1.82) is 0 Å². The minimum absolute atomic E-state index is 1.05. The number of rotatable bonds is 2. The summed E-state index contributed by atoms with van der Waals surface area (Å²) in [5.41, 5.74) is 0. The van der Waals surface area contributed by atoms with Gasteiger partial charge in [-0.2, -0.15) is 0 Å². The summed E-state index contributed by atoms with van der Waals surface area (Å²) < 4.78 is 2.06. The van der Waals surface area contributed by atoms with Crippen LogP contribution >= 0.6 is 0 Å². The van der Waals surface area contributed by atoms with Crippen molar-refractivity contribution in [3.63, 3.8) is 0 Å². The monoisotopic (exact) mass is 98.1 g/mol. The zero-order chi connectivity index (χ0) is 5.70. The maximum atomic E-state index is 3.55. The molecule has 0 unspecified atom stereocenters. The average molecular weight is 98.2 g/mol. The van der Waals surface area contributed by atoms with Gasteiger partial charge in [-0.05, 0) is 13.0 Å². The number of allylic oxidation sites excluding steroid dienone is 1. The Morgan fingerprint density at radius 3 is 2.43 bits per heavy atom. The highest BCUT2D eigenvalue weighted by atomic mass is 14.9. The predicted molar refractivity (Wildman–Crippen MR) is 33.0 cm³/mol. The molecule has 7 heavy (non-hydrogen) atoms. The Morgan fingerprint density at radius 2 is 2.29 bits per heavy atom. The molecular weight excluding hydrogens is 86.1 g/mol. The molecule has 0 bridgehead atoms. The lowest BCUT2D eigenvalue weighted by Gasteiger charge is -1.83. The molecule has 1 heteroatoms. The summed E-state index contributed by atoms with van der Waals surface area (Å²) in [5, 5.41) is 0. The molecule has 0 amide bonds. The number of hydrogen-bond acceptors (Lipinski definition) is 0. The Balaban J connectivity index is 3.49. The molecule has 0 saturated carbocycles. The predicted octanol–water partition coefficient (Wildman–Crippen LogP) is 0.905. The Bertz CT molecular complexity index is 82.2. The van der Waals surface area contributed by atoms with E-state index in [9.17, 15) is 0 Å². The Morgan fingerprint density at radius 1 is 1.71 bits per heavy atom. The lowest BCUT2D eigenvalue weighted by atomic mass is 10.6. The summed E-state index contributed by atoms with van der Waals surface area (Å²) in [6.45, 7) is 6.70. The van der Waals surface area contributed by atoms with Gasteiger partial charge in [0.05, 0.1) is 0 Å². The summed E-state index contributed by atoms with van der Waals surface area (Å²) in [5.74, 6) is 0. The molecule has 0 aliphatic rings. The van der Waals surface area contributed by atoms with Gasteiger partial charge in [0.1, 0.15) is 13.6 Å². The maximum absolute atomic E-state index is 3.55. The molecule has 1 nitrogen and oxygen atoms in total. The highest BCUT2D eigenvalue weighted by Gasteiger charge is 1.79. The Kier molecular flexibility index (Phi) is 3.29. The van der Waals surface area contributed by atoms with E-state index in [0.29, 0.717) is 0 Å². The van der Waals surface area contributed by atoms with Crippen molar-refractivity contribution >= 4 is 6.21 Å². The summed E-state index contributed by atoms with van der Waals surface area (Å²) >= 11 is 0. The normalized spacial score (nSPS) is 11.4. The minimum atomic E-state index is 1.05. The van der Waals surface area contributed by atoms with E-state index in [4.69, 9.17) is 0 Å². The Labute approximate surface area is 45.0 Å². The van der Waals surface area contributed by atoms with Gasteiger partial charge in [0, 0.05) is 0 Å². The fourth-order valence-electron chi connectivity index (χ4n) is 0.285. The second-order valence-electron chi connectivity index (χ2n) is 1.46. The average Bonchev–Trinajstić information content (AvgIpc) is 1.68. The van der Waals surface area contributed by atoms with Gasteiger partial charge in [0.2, 0.25) is 0 Å². The highest BCUT2D eigenvalue weighted by molar-refractivity contribution is 5.64. The van der Waals surface area contributed by atoms with Gasteiger partial charge >= 0.3 is 0 Å². The van der Waals surface area contributed by atoms with E-state index in [1.165, 1.54) is 0 Å². The van der Waals surface area contributed by atoms with Crippen molar-refractivity contribution in [2.24, 2.45) is 0 Å². The van der Waals surface area contributed by atoms with E-state index in [1.54, 1.807) is 6.08 Å². The topological polar surface area (TPSA) is 3.01 Å². The minimum Gasteiger partial charge on any atom is -0.239 e. The highest BCUT2D eigenvalue weighted by Crippen LogP contribution is 1.61. The van der Waals surface area contributed by atoms with Crippen molar-refractivity contribution < 1.29 is 4.58 Å². The zero-order valence-electron chi connectivity index (χ0n) is 5.02. The first-order valence-electron chi connectivity index (χ1n) is 2.47. The summed E-state index contributed by atoms with van der Waals surface area (Å²) in [7, 11) is 2.02. The molecule has 0 aliphatic heterocycles. The van der Waals surface area contributed by atoms with Crippen molar-refractivity contribution in [1.82, 2.24) is 0 Å².